The van der Waals surface area contributed by atoms with E-state index in [1.165, 1.54) is 0 Å². The Kier molecular flexibility index (Phi) is 9.82. The number of halogens is 2. The summed E-state index contributed by atoms with van der Waals surface area (Å²) in [5.41, 5.74) is 5.72. The Balaban J connectivity index is 1.42. The minimum absolute atomic E-state index is 0.0222. The molecule has 4 atom stereocenters. The number of nitrogens with one attached hydrogen (secondary N) is 2. The fourth-order valence-corrected chi connectivity index (χ4v) is 5.44. The number of aliphatic hydroxyl groups excluding tert-OH is 1. The second-order valence-corrected chi connectivity index (χ2v) is 11.1. The van der Waals surface area contributed by atoms with Gasteiger partial charge >= 0.3 is 6.03 Å². The summed E-state index contributed by atoms with van der Waals surface area (Å²) in [4.78, 5) is 16.0. The van der Waals surface area contributed by atoms with Crippen molar-refractivity contribution in [2.24, 2.45) is 5.92 Å². The van der Waals surface area contributed by atoms with Gasteiger partial charge in [-0.15, -0.1) is 0 Å². The van der Waals surface area contributed by atoms with Gasteiger partial charge in [-0.25, -0.2) is 9.78 Å². The zero-order valence-corrected chi connectivity index (χ0v) is 25.0. The monoisotopic (exact) mass is 608 g/mol. The molecule has 2 amide bonds. The van der Waals surface area contributed by atoms with Gasteiger partial charge in [0.15, 0.2) is 11.4 Å². The molecule has 1 fully saturated rings. The van der Waals surface area contributed by atoms with E-state index < -0.39 is 6.29 Å². The molecule has 1 aliphatic rings. The van der Waals surface area contributed by atoms with Crippen LogP contribution in [0, 0.1) is 5.92 Å². The normalized spacial score (nSPS) is 20.3. The SMILES string of the molecule is CCNC(=O)NCc1cccc(-c2cccc(C3OC(Cn4cnc(Cl)c4Cl)C(C)C(c4ccc(CO)cc4)O3)c2)c1. The highest BCUT2D eigenvalue weighted by molar-refractivity contribution is 6.40. The van der Waals surface area contributed by atoms with Gasteiger partial charge in [0.25, 0.3) is 0 Å². The number of rotatable bonds is 9. The van der Waals surface area contributed by atoms with Crippen molar-refractivity contribution >= 4 is 29.2 Å². The van der Waals surface area contributed by atoms with Crippen LogP contribution in [0.25, 0.3) is 11.1 Å². The van der Waals surface area contributed by atoms with Gasteiger partial charge in [0.2, 0.25) is 0 Å². The largest absolute Gasteiger partial charge is 0.392 e. The Morgan fingerprint density at radius 1 is 0.952 bits per heavy atom. The van der Waals surface area contributed by atoms with E-state index >= 15 is 0 Å². The predicted molar refractivity (Wildman–Crippen MR) is 163 cm³/mol. The summed E-state index contributed by atoms with van der Waals surface area (Å²) in [6.45, 7) is 5.39. The number of aromatic nitrogens is 2. The minimum atomic E-state index is -0.644. The molecule has 0 saturated carbocycles. The molecule has 1 aromatic heterocycles. The Hall–Kier alpha value is -3.40. The average Bonchev–Trinajstić information content (AvgIpc) is 3.33. The summed E-state index contributed by atoms with van der Waals surface area (Å²) >= 11 is 12.5. The van der Waals surface area contributed by atoms with Crippen LogP contribution in [0.3, 0.4) is 0 Å². The number of aliphatic hydroxyl groups is 1. The first-order valence-corrected chi connectivity index (χ1v) is 14.7. The van der Waals surface area contributed by atoms with Crippen molar-refractivity contribution in [1.29, 1.82) is 0 Å². The maximum Gasteiger partial charge on any atom is 0.315 e. The number of imidazole rings is 1. The van der Waals surface area contributed by atoms with E-state index in [0.717, 1.165) is 33.4 Å². The number of carbonyl (C=O) groups is 1. The fraction of sp³-hybridized carbons (Fsp3) is 0.312. The molecule has 42 heavy (non-hydrogen) atoms. The molecule has 0 radical (unpaired) electrons. The first-order chi connectivity index (χ1) is 20.4. The van der Waals surface area contributed by atoms with Crippen LogP contribution in [-0.2, 0) is 29.2 Å². The molecular formula is C32H34Cl2N4O4. The molecule has 4 aromatic rings. The van der Waals surface area contributed by atoms with Crippen molar-refractivity contribution < 1.29 is 19.4 Å². The summed E-state index contributed by atoms with van der Waals surface area (Å²) in [5, 5.41) is 15.8. The molecule has 0 bridgehead atoms. The number of hydrogen-bond acceptors (Lipinski definition) is 5. The Bertz CT molecular complexity index is 1510. The summed E-state index contributed by atoms with van der Waals surface area (Å²) in [6, 6.07) is 23.8. The molecular weight excluding hydrogens is 575 g/mol. The standard InChI is InChI=1S/C32H34Cl2N4O4/c1-3-35-32(40)36-16-22-6-4-7-24(14-22)25-8-5-9-26(15-25)31-41-27(17-38-19-37-29(33)30(38)34)20(2)28(42-31)23-12-10-21(18-39)11-13-23/h4-15,19-20,27-28,31,39H,3,16-18H2,1-2H3,(H2,35,36,40). The van der Waals surface area contributed by atoms with Gasteiger partial charge in [0.05, 0.1) is 31.7 Å². The predicted octanol–water partition coefficient (Wildman–Crippen LogP) is 6.66. The molecule has 3 N–H and O–H groups in total. The first-order valence-electron chi connectivity index (χ1n) is 13.9. The van der Waals surface area contributed by atoms with E-state index in [0.29, 0.717) is 24.8 Å². The van der Waals surface area contributed by atoms with E-state index in [2.05, 4.69) is 34.7 Å². The van der Waals surface area contributed by atoms with Crippen molar-refractivity contribution in [3.05, 3.63) is 112 Å². The highest BCUT2D eigenvalue weighted by atomic mass is 35.5. The number of carbonyl (C=O) groups excluding carboxylic acids is 1. The van der Waals surface area contributed by atoms with E-state index in [4.69, 9.17) is 32.7 Å². The van der Waals surface area contributed by atoms with Gasteiger partial charge < -0.3 is 29.8 Å². The molecule has 10 heteroatoms. The van der Waals surface area contributed by atoms with Crippen molar-refractivity contribution in [1.82, 2.24) is 20.2 Å². The maximum absolute atomic E-state index is 11.9. The van der Waals surface area contributed by atoms with Crippen LogP contribution < -0.4 is 10.6 Å². The van der Waals surface area contributed by atoms with E-state index in [9.17, 15) is 9.90 Å². The molecule has 8 nitrogen and oxygen atoms in total. The molecule has 4 unspecified atom stereocenters. The van der Waals surface area contributed by atoms with Crippen molar-refractivity contribution in [3.63, 3.8) is 0 Å². The third kappa shape index (κ3) is 6.97. The maximum atomic E-state index is 11.9. The summed E-state index contributed by atoms with van der Waals surface area (Å²) in [6.07, 6.45) is 0.437. The van der Waals surface area contributed by atoms with E-state index in [1.54, 1.807) is 10.9 Å². The van der Waals surface area contributed by atoms with Gasteiger partial charge in [-0.3, -0.25) is 0 Å². The quantitative estimate of drug-likeness (QED) is 0.197. The molecule has 3 aromatic carbocycles. The number of nitrogens with zero attached hydrogens (tertiary/aromatic N) is 2. The smallest absolute Gasteiger partial charge is 0.315 e. The Labute approximate surface area is 255 Å². The summed E-state index contributed by atoms with van der Waals surface area (Å²) in [5.74, 6) is -0.0317. The number of amides is 2. The first kappa shape index (κ1) is 30.1. The van der Waals surface area contributed by atoms with Gasteiger partial charge in [-0.05, 0) is 46.9 Å². The summed E-state index contributed by atoms with van der Waals surface area (Å²) in [7, 11) is 0. The van der Waals surface area contributed by atoms with Gasteiger partial charge in [-0.2, -0.15) is 0 Å². The van der Waals surface area contributed by atoms with Crippen LogP contribution >= 0.6 is 23.2 Å². The van der Waals surface area contributed by atoms with Gasteiger partial charge in [-0.1, -0.05) is 90.8 Å². The van der Waals surface area contributed by atoms with Crippen LogP contribution in [0.1, 0.15) is 48.5 Å². The van der Waals surface area contributed by atoms with Gasteiger partial charge in [0, 0.05) is 24.6 Å². The Morgan fingerprint density at radius 3 is 2.38 bits per heavy atom. The molecule has 5 rings (SSSR count). The molecule has 1 aliphatic heterocycles. The zero-order chi connectivity index (χ0) is 29.6. The van der Waals surface area contributed by atoms with Crippen LogP contribution in [-0.4, -0.2) is 33.3 Å². The second kappa shape index (κ2) is 13.7. The van der Waals surface area contributed by atoms with Crippen molar-refractivity contribution in [3.8, 4) is 11.1 Å². The highest BCUT2D eigenvalue weighted by Crippen LogP contribution is 2.43. The average molecular weight is 610 g/mol. The molecule has 2 heterocycles. The molecule has 220 valence electrons. The van der Waals surface area contributed by atoms with Crippen molar-refractivity contribution in [2.75, 3.05) is 6.54 Å². The topological polar surface area (TPSA) is 97.6 Å². The lowest BCUT2D eigenvalue weighted by molar-refractivity contribution is -0.276. The van der Waals surface area contributed by atoms with E-state index in [-0.39, 0.29) is 35.9 Å². The van der Waals surface area contributed by atoms with E-state index in [1.807, 2.05) is 67.6 Å². The third-order valence-electron chi connectivity index (χ3n) is 7.44. The zero-order valence-electron chi connectivity index (χ0n) is 23.5. The summed E-state index contributed by atoms with van der Waals surface area (Å²) < 4.78 is 15.0. The van der Waals surface area contributed by atoms with Crippen LogP contribution in [0.4, 0.5) is 4.79 Å². The molecule has 1 saturated heterocycles. The lowest BCUT2D eigenvalue weighted by atomic mass is 9.90. The lowest BCUT2D eigenvalue weighted by Gasteiger charge is -2.41. The van der Waals surface area contributed by atoms with Crippen LogP contribution in [0.15, 0.2) is 79.1 Å². The minimum Gasteiger partial charge on any atom is -0.392 e. The fourth-order valence-electron chi connectivity index (χ4n) is 5.12. The second-order valence-electron chi connectivity index (χ2n) is 10.3. The highest BCUT2D eigenvalue weighted by Gasteiger charge is 2.39. The lowest BCUT2D eigenvalue weighted by Crippen LogP contribution is -2.39. The van der Waals surface area contributed by atoms with Gasteiger partial charge in [0.1, 0.15) is 5.15 Å². The number of ether oxygens (including phenoxy) is 2. The van der Waals surface area contributed by atoms with Crippen molar-refractivity contribution in [2.45, 2.75) is 52.0 Å². The number of urea groups is 1. The number of hydrogen-bond donors (Lipinski definition) is 3. The molecule has 0 aliphatic carbocycles. The number of benzene rings is 3. The van der Waals surface area contributed by atoms with Crippen LogP contribution in [0.2, 0.25) is 10.3 Å². The molecule has 0 spiro atoms. The van der Waals surface area contributed by atoms with Crippen LogP contribution in [0.5, 0.6) is 0 Å². The third-order valence-corrected chi connectivity index (χ3v) is 8.21. The Morgan fingerprint density at radius 2 is 1.69 bits per heavy atom.